The SMILES string of the molecule is COCCCn1c(C)cc(N2CCCC2)c(C=O)c1=O. The van der Waals surface area contributed by atoms with Gasteiger partial charge in [0.05, 0.1) is 5.69 Å². The number of pyridine rings is 1. The van der Waals surface area contributed by atoms with Crippen molar-refractivity contribution in [1.82, 2.24) is 4.57 Å². The third kappa shape index (κ3) is 2.93. The van der Waals surface area contributed by atoms with Crippen LogP contribution in [0.15, 0.2) is 10.9 Å². The smallest absolute Gasteiger partial charge is 0.263 e. The summed E-state index contributed by atoms with van der Waals surface area (Å²) >= 11 is 0. The lowest BCUT2D eigenvalue weighted by atomic mass is 10.2. The molecule has 1 saturated heterocycles. The van der Waals surface area contributed by atoms with Crippen LogP contribution in [0.1, 0.15) is 35.3 Å². The highest BCUT2D eigenvalue weighted by molar-refractivity contribution is 5.84. The minimum atomic E-state index is -0.182. The number of aryl methyl sites for hydroxylation is 1. The Bertz CT molecular complexity index is 531. The molecule has 0 unspecified atom stereocenters. The fourth-order valence-corrected chi connectivity index (χ4v) is 2.74. The summed E-state index contributed by atoms with van der Waals surface area (Å²) in [6.07, 6.45) is 3.70. The van der Waals surface area contributed by atoms with Crippen LogP contribution in [-0.2, 0) is 11.3 Å². The summed E-state index contributed by atoms with van der Waals surface area (Å²) < 4.78 is 6.68. The van der Waals surface area contributed by atoms with Crippen molar-refractivity contribution in [2.45, 2.75) is 32.7 Å². The zero-order valence-electron chi connectivity index (χ0n) is 12.2. The van der Waals surface area contributed by atoms with Crippen LogP contribution >= 0.6 is 0 Å². The molecule has 0 N–H and O–H groups in total. The molecule has 1 aliphatic heterocycles. The van der Waals surface area contributed by atoms with Crippen molar-refractivity contribution in [1.29, 1.82) is 0 Å². The van der Waals surface area contributed by atoms with Gasteiger partial charge in [0.25, 0.3) is 5.56 Å². The Labute approximate surface area is 119 Å². The molecule has 2 rings (SSSR count). The Morgan fingerprint density at radius 3 is 2.65 bits per heavy atom. The van der Waals surface area contributed by atoms with Crippen molar-refractivity contribution in [2.75, 3.05) is 31.7 Å². The van der Waals surface area contributed by atoms with Crippen molar-refractivity contribution in [3.8, 4) is 0 Å². The summed E-state index contributed by atoms with van der Waals surface area (Å²) in [7, 11) is 1.64. The molecule has 1 fully saturated rings. The molecule has 1 aromatic rings. The highest BCUT2D eigenvalue weighted by Crippen LogP contribution is 2.22. The molecule has 1 aliphatic rings. The molecule has 0 radical (unpaired) electrons. The van der Waals surface area contributed by atoms with Gasteiger partial charge in [0.2, 0.25) is 0 Å². The average Bonchev–Trinajstić information content (AvgIpc) is 2.96. The monoisotopic (exact) mass is 278 g/mol. The molecule has 0 amide bonds. The number of nitrogens with zero attached hydrogens (tertiary/aromatic N) is 2. The Morgan fingerprint density at radius 2 is 2.05 bits per heavy atom. The Balaban J connectivity index is 2.36. The fourth-order valence-electron chi connectivity index (χ4n) is 2.74. The molecule has 110 valence electrons. The standard InChI is InChI=1S/C15H22N2O3/c1-12-10-14(16-6-3-4-7-16)13(11-18)15(19)17(12)8-5-9-20-2/h10-11H,3-9H2,1-2H3. The van der Waals surface area contributed by atoms with Gasteiger partial charge in [0, 0.05) is 39.0 Å². The van der Waals surface area contributed by atoms with Crippen molar-refractivity contribution in [2.24, 2.45) is 0 Å². The lowest BCUT2D eigenvalue weighted by Crippen LogP contribution is -2.30. The molecule has 0 aromatic carbocycles. The first kappa shape index (κ1) is 14.8. The van der Waals surface area contributed by atoms with Gasteiger partial charge in [-0.2, -0.15) is 0 Å². The van der Waals surface area contributed by atoms with E-state index in [-0.39, 0.29) is 11.1 Å². The number of anilines is 1. The van der Waals surface area contributed by atoms with E-state index in [4.69, 9.17) is 4.74 Å². The van der Waals surface area contributed by atoms with Crippen LogP contribution in [0.4, 0.5) is 5.69 Å². The van der Waals surface area contributed by atoms with Crippen LogP contribution in [-0.4, -0.2) is 37.7 Å². The Kier molecular flexibility index (Phi) is 4.95. The molecule has 0 atom stereocenters. The first-order chi connectivity index (χ1) is 9.69. The predicted octanol–water partition coefficient (Wildman–Crippen LogP) is 1.61. The van der Waals surface area contributed by atoms with Gasteiger partial charge in [-0.1, -0.05) is 0 Å². The van der Waals surface area contributed by atoms with E-state index in [9.17, 15) is 9.59 Å². The van der Waals surface area contributed by atoms with E-state index in [0.29, 0.717) is 19.4 Å². The third-order valence-electron chi connectivity index (χ3n) is 3.82. The van der Waals surface area contributed by atoms with Gasteiger partial charge in [-0.05, 0) is 32.3 Å². The van der Waals surface area contributed by atoms with Crippen molar-refractivity contribution >= 4 is 12.0 Å². The van der Waals surface area contributed by atoms with Gasteiger partial charge in [-0.15, -0.1) is 0 Å². The molecular formula is C15H22N2O3. The summed E-state index contributed by atoms with van der Waals surface area (Å²) in [5, 5.41) is 0. The normalized spacial score (nSPS) is 14.8. The van der Waals surface area contributed by atoms with Gasteiger partial charge in [0.1, 0.15) is 5.56 Å². The van der Waals surface area contributed by atoms with Crippen LogP contribution in [0.25, 0.3) is 0 Å². The van der Waals surface area contributed by atoms with E-state index < -0.39 is 0 Å². The number of aromatic nitrogens is 1. The number of aldehydes is 1. The van der Waals surface area contributed by atoms with Crippen molar-refractivity contribution < 1.29 is 9.53 Å². The van der Waals surface area contributed by atoms with Crippen molar-refractivity contribution in [3.63, 3.8) is 0 Å². The third-order valence-corrected chi connectivity index (χ3v) is 3.82. The summed E-state index contributed by atoms with van der Waals surface area (Å²) in [6.45, 7) is 4.96. The fraction of sp³-hybridized carbons (Fsp3) is 0.600. The summed E-state index contributed by atoms with van der Waals surface area (Å²) in [6, 6.07) is 1.96. The van der Waals surface area contributed by atoms with Gasteiger partial charge in [-0.3, -0.25) is 9.59 Å². The number of carbonyl (C=O) groups is 1. The second kappa shape index (κ2) is 6.70. The highest BCUT2D eigenvalue weighted by atomic mass is 16.5. The molecular weight excluding hydrogens is 256 g/mol. The highest BCUT2D eigenvalue weighted by Gasteiger charge is 2.20. The molecule has 5 nitrogen and oxygen atoms in total. The number of hydrogen-bond acceptors (Lipinski definition) is 4. The van der Waals surface area contributed by atoms with Crippen molar-refractivity contribution in [3.05, 3.63) is 27.7 Å². The van der Waals surface area contributed by atoms with E-state index in [2.05, 4.69) is 4.90 Å². The zero-order chi connectivity index (χ0) is 14.5. The second-order valence-corrected chi connectivity index (χ2v) is 5.20. The van der Waals surface area contributed by atoms with E-state index in [1.807, 2.05) is 13.0 Å². The lowest BCUT2D eigenvalue weighted by molar-refractivity contribution is 0.112. The first-order valence-electron chi connectivity index (χ1n) is 7.12. The Morgan fingerprint density at radius 1 is 1.35 bits per heavy atom. The molecule has 1 aromatic heterocycles. The van der Waals surface area contributed by atoms with Gasteiger partial charge in [0.15, 0.2) is 6.29 Å². The maximum atomic E-state index is 12.5. The topological polar surface area (TPSA) is 51.5 Å². The van der Waals surface area contributed by atoms with Gasteiger partial charge >= 0.3 is 0 Å². The predicted molar refractivity (Wildman–Crippen MR) is 78.8 cm³/mol. The summed E-state index contributed by atoms with van der Waals surface area (Å²) in [4.78, 5) is 25.9. The quantitative estimate of drug-likeness (QED) is 0.586. The number of rotatable bonds is 6. The maximum absolute atomic E-state index is 12.5. The van der Waals surface area contributed by atoms with E-state index >= 15 is 0 Å². The Hall–Kier alpha value is -1.62. The number of hydrogen-bond donors (Lipinski definition) is 0. The first-order valence-corrected chi connectivity index (χ1v) is 7.12. The molecule has 0 saturated carbocycles. The van der Waals surface area contributed by atoms with E-state index in [1.165, 1.54) is 0 Å². The second-order valence-electron chi connectivity index (χ2n) is 5.20. The molecule has 5 heteroatoms. The summed E-state index contributed by atoms with van der Waals surface area (Å²) in [5.41, 5.74) is 1.80. The minimum absolute atomic E-state index is 0.182. The van der Waals surface area contributed by atoms with Crippen LogP contribution in [0.5, 0.6) is 0 Å². The number of carbonyl (C=O) groups excluding carboxylic acids is 1. The molecule has 0 aliphatic carbocycles. The number of ether oxygens (including phenoxy) is 1. The van der Waals surface area contributed by atoms with Crippen LogP contribution in [0, 0.1) is 6.92 Å². The molecule has 0 bridgehead atoms. The average molecular weight is 278 g/mol. The van der Waals surface area contributed by atoms with E-state index in [1.54, 1.807) is 11.7 Å². The minimum Gasteiger partial charge on any atom is -0.385 e. The van der Waals surface area contributed by atoms with Gasteiger partial charge < -0.3 is 14.2 Å². The lowest BCUT2D eigenvalue weighted by Gasteiger charge is -2.21. The molecule has 20 heavy (non-hydrogen) atoms. The van der Waals surface area contributed by atoms with Crippen LogP contribution in [0.3, 0.4) is 0 Å². The zero-order valence-corrected chi connectivity index (χ0v) is 12.2. The largest absolute Gasteiger partial charge is 0.385 e. The van der Waals surface area contributed by atoms with Crippen LogP contribution in [0.2, 0.25) is 0 Å². The maximum Gasteiger partial charge on any atom is 0.263 e. The molecule has 2 heterocycles. The van der Waals surface area contributed by atoms with Crippen LogP contribution < -0.4 is 10.5 Å². The summed E-state index contributed by atoms with van der Waals surface area (Å²) in [5.74, 6) is 0. The van der Waals surface area contributed by atoms with Gasteiger partial charge in [-0.25, -0.2) is 0 Å². The number of methoxy groups -OCH3 is 1. The molecule has 0 spiro atoms. The van der Waals surface area contributed by atoms with E-state index in [0.717, 1.165) is 43.7 Å².